The molecule has 2 heterocycles. The van der Waals surface area contributed by atoms with E-state index in [4.69, 9.17) is 0 Å². The van der Waals surface area contributed by atoms with Crippen molar-refractivity contribution in [2.24, 2.45) is 0 Å². The van der Waals surface area contributed by atoms with Crippen molar-refractivity contribution in [2.75, 3.05) is 13.1 Å². The van der Waals surface area contributed by atoms with Gasteiger partial charge in [0.1, 0.15) is 11.6 Å². The van der Waals surface area contributed by atoms with E-state index in [1.807, 2.05) is 16.9 Å². The maximum Gasteiger partial charge on any atom is 0.131 e. The number of hydrogen-bond acceptors (Lipinski definition) is 3. The van der Waals surface area contributed by atoms with Crippen LogP contribution in [0.25, 0.3) is 0 Å². The second-order valence-corrected chi connectivity index (χ2v) is 5.70. The molecule has 2 unspecified atom stereocenters. The highest BCUT2D eigenvalue weighted by Crippen LogP contribution is 2.24. The lowest BCUT2D eigenvalue weighted by Gasteiger charge is -2.27. The molecule has 1 aliphatic heterocycles. The minimum absolute atomic E-state index is 0.145. The second kappa shape index (κ2) is 6.54. The average molecular weight is 307 g/mol. The van der Waals surface area contributed by atoms with Crippen LogP contribution in [0.1, 0.15) is 24.5 Å². The molecule has 0 spiro atoms. The molecular weight excluding hydrogens is 288 g/mol. The molecule has 2 atom stereocenters. The van der Waals surface area contributed by atoms with Crippen molar-refractivity contribution in [1.82, 2.24) is 14.7 Å². The highest BCUT2D eigenvalue weighted by molar-refractivity contribution is 5.21. The Balaban J connectivity index is 1.65. The Morgan fingerprint density at radius 1 is 1.36 bits per heavy atom. The van der Waals surface area contributed by atoms with Gasteiger partial charge >= 0.3 is 0 Å². The molecule has 0 aliphatic carbocycles. The first-order valence-electron chi connectivity index (χ1n) is 7.48. The number of benzene rings is 1. The van der Waals surface area contributed by atoms with Gasteiger partial charge in [-0.25, -0.2) is 8.78 Å². The van der Waals surface area contributed by atoms with Crippen molar-refractivity contribution in [3.63, 3.8) is 0 Å². The fraction of sp³-hybridized carbons (Fsp3) is 0.438. The Bertz CT molecular complexity index is 618. The molecule has 0 amide bonds. The van der Waals surface area contributed by atoms with Crippen LogP contribution in [-0.4, -0.2) is 38.9 Å². The number of halogens is 2. The molecule has 1 N–H and O–H groups in total. The van der Waals surface area contributed by atoms with Crippen LogP contribution in [0, 0.1) is 11.6 Å². The van der Waals surface area contributed by atoms with Crippen LogP contribution in [0.4, 0.5) is 8.78 Å². The third-order valence-corrected chi connectivity index (χ3v) is 4.19. The van der Waals surface area contributed by atoms with E-state index in [9.17, 15) is 13.9 Å². The van der Waals surface area contributed by atoms with Crippen LogP contribution in [-0.2, 0) is 6.54 Å². The number of aromatic nitrogens is 2. The minimum Gasteiger partial charge on any atom is -0.387 e. The molecule has 0 bridgehead atoms. The molecule has 118 valence electrons. The van der Waals surface area contributed by atoms with Crippen molar-refractivity contribution < 1.29 is 13.9 Å². The lowest BCUT2D eigenvalue weighted by atomic mass is 10.1. The summed E-state index contributed by atoms with van der Waals surface area (Å²) in [5.41, 5.74) is 0.145. The summed E-state index contributed by atoms with van der Waals surface area (Å²) in [6.45, 7) is 1.96. The first-order chi connectivity index (χ1) is 10.6. The zero-order valence-electron chi connectivity index (χ0n) is 12.2. The average Bonchev–Trinajstić information content (AvgIpc) is 3.12. The molecule has 1 aromatic heterocycles. The maximum absolute atomic E-state index is 13.7. The Kier molecular flexibility index (Phi) is 4.49. The molecule has 1 saturated heterocycles. The minimum atomic E-state index is -0.959. The van der Waals surface area contributed by atoms with Crippen molar-refractivity contribution in [2.45, 2.75) is 31.5 Å². The highest BCUT2D eigenvalue weighted by atomic mass is 19.1. The molecule has 4 nitrogen and oxygen atoms in total. The molecule has 2 aromatic rings. The first kappa shape index (κ1) is 15.1. The smallest absolute Gasteiger partial charge is 0.131 e. The summed E-state index contributed by atoms with van der Waals surface area (Å²) in [4.78, 5) is 2.15. The molecule has 22 heavy (non-hydrogen) atoms. The number of hydrogen-bond donors (Lipinski definition) is 1. The van der Waals surface area contributed by atoms with E-state index in [0.29, 0.717) is 6.54 Å². The third-order valence-electron chi connectivity index (χ3n) is 4.19. The summed E-state index contributed by atoms with van der Waals surface area (Å²) < 4.78 is 28.6. The van der Waals surface area contributed by atoms with Gasteiger partial charge in [0.05, 0.1) is 12.6 Å². The van der Waals surface area contributed by atoms with Gasteiger partial charge in [-0.3, -0.25) is 9.58 Å². The van der Waals surface area contributed by atoms with Gasteiger partial charge in [-0.2, -0.15) is 5.10 Å². The van der Waals surface area contributed by atoms with Crippen molar-refractivity contribution >= 4 is 0 Å². The monoisotopic (exact) mass is 307 g/mol. The van der Waals surface area contributed by atoms with E-state index in [0.717, 1.165) is 32.0 Å². The molecule has 0 radical (unpaired) electrons. The first-order valence-corrected chi connectivity index (χ1v) is 7.48. The van der Waals surface area contributed by atoms with Crippen LogP contribution in [0.2, 0.25) is 0 Å². The van der Waals surface area contributed by atoms with E-state index >= 15 is 0 Å². The van der Waals surface area contributed by atoms with Crippen molar-refractivity contribution in [3.05, 3.63) is 53.9 Å². The van der Waals surface area contributed by atoms with Crippen molar-refractivity contribution in [1.29, 1.82) is 0 Å². The number of rotatable bonds is 5. The van der Waals surface area contributed by atoms with E-state index in [-0.39, 0.29) is 11.6 Å². The Morgan fingerprint density at radius 3 is 2.95 bits per heavy atom. The van der Waals surface area contributed by atoms with Crippen LogP contribution in [0.15, 0.2) is 36.7 Å². The van der Waals surface area contributed by atoms with E-state index in [2.05, 4.69) is 10.00 Å². The lowest BCUT2D eigenvalue weighted by molar-refractivity contribution is 0.0977. The fourth-order valence-corrected chi connectivity index (χ4v) is 3.06. The SMILES string of the molecule is OC(CN1CCCC1Cn1cccn1)c1ccc(F)cc1F. The fourth-order valence-electron chi connectivity index (χ4n) is 3.06. The van der Waals surface area contributed by atoms with E-state index in [1.54, 1.807) is 6.20 Å². The number of likely N-dealkylation sites (tertiary alicyclic amines) is 1. The van der Waals surface area contributed by atoms with Gasteiger partial charge < -0.3 is 5.11 Å². The van der Waals surface area contributed by atoms with Gasteiger partial charge in [-0.15, -0.1) is 0 Å². The van der Waals surface area contributed by atoms with Crippen molar-refractivity contribution in [3.8, 4) is 0 Å². The van der Waals surface area contributed by atoms with Gasteiger partial charge in [-0.05, 0) is 31.5 Å². The van der Waals surface area contributed by atoms with Gasteiger partial charge in [0.15, 0.2) is 0 Å². The summed E-state index contributed by atoms with van der Waals surface area (Å²) in [5, 5.41) is 14.5. The van der Waals surface area contributed by atoms with Gasteiger partial charge in [0, 0.05) is 36.6 Å². The standard InChI is InChI=1S/C16H19F2N3O/c17-12-4-5-14(15(18)9-12)16(22)11-20-7-1-3-13(20)10-21-8-2-6-19-21/h2,4-6,8-9,13,16,22H,1,3,7,10-11H2. The van der Waals surface area contributed by atoms with Gasteiger partial charge in [-0.1, -0.05) is 6.07 Å². The molecule has 1 aromatic carbocycles. The van der Waals surface area contributed by atoms with Crippen LogP contribution in [0.5, 0.6) is 0 Å². The summed E-state index contributed by atoms with van der Waals surface area (Å²) in [6, 6.07) is 5.45. The molecule has 1 fully saturated rings. The van der Waals surface area contributed by atoms with Gasteiger partial charge in [0.25, 0.3) is 0 Å². The summed E-state index contributed by atoms with van der Waals surface area (Å²) in [7, 11) is 0. The predicted octanol–water partition coefficient (Wildman–Crippen LogP) is 2.36. The Hall–Kier alpha value is -1.79. The summed E-state index contributed by atoms with van der Waals surface area (Å²) in [6.07, 6.45) is 4.76. The Morgan fingerprint density at radius 2 is 2.23 bits per heavy atom. The van der Waals surface area contributed by atoms with E-state index < -0.39 is 17.7 Å². The molecule has 3 rings (SSSR count). The summed E-state index contributed by atoms with van der Waals surface area (Å²) in [5.74, 6) is -1.33. The number of aliphatic hydroxyl groups excluding tert-OH is 1. The summed E-state index contributed by atoms with van der Waals surface area (Å²) >= 11 is 0. The molecule has 6 heteroatoms. The van der Waals surface area contributed by atoms with Crippen LogP contribution >= 0.6 is 0 Å². The molecule has 0 saturated carbocycles. The van der Waals surface area contributed by atoms with Crippen LogP contribution in [0.3, 0.4) is 0 Å². The second-order valence-electron chi connectivity index (χ2n) is 5.70. The van der Waals surface area contributed by atoms with Crippen LogP contribution < -0.4 is 0 Å². The van der Waals surface area contributed by atoms with E-state index in [1.165, 1.54) is 12.1 Å². The number of β-amino-alcohol motifs (C(OH)–C–C–N with tert-alkyl or cyclic N) is 1. The van der Waals surface area contributed by atoms with Gasteiger partial charge in [0.2, 0.25) is 0 Å². The lowest BCUT2D eigenvalue weighted by Crippen LogP contribution is -2.36. The normalized spacial score (nSPS) is 20.4. The number of aliphatic hydroxyl groups is 1. The largest absolute Gasteiger partial charge is 0.387 e. The Labute approximate surface area is 128 Å². The molecular formula is C16H19F2N3O. The molecule has 1 aliphatic rings. The zero-order valence-corrected chi connectivity index (χ0v) is 12.2. The maximum atomic E-state index is 13.7. The topological polar surface area (TPSA) is 41.3 Å². The quantitative estimate of drug-likeness (QED) is 0.922. The third kappa shape index (κ3) is 3.34. The highest BCUT2D eigenvalue weighted by Gasteiger charge is 2.28. The predicted molar refractivity (Wildman–Crippen MR) is 78.1 cm³/mol. The zero-order chi connectivity index (χ0) is 15.5. The number of nitrogens with zero attached hydrogens (tertiary/aromatic N) is 3.